The maximum atomic E-state index is 12.5. The second-order valence-corrected chi connectivity index (χ2v) is 10.4. The highest BCUT2D eigenvalue weighted by atomic mass is 16.6. The molecule has 0 bridgehead atoms. The van der Waals surface area contributed by atoms with E-state index in [4.69, 9.17) is 14.2 Å². The van der Waals surface area contributed by atoms with Crippen molar-refractivity contribution in [2.45, 2.75) is 97.6 Å². The van der Waals surface area contributed by atoms with E-state index < -0.39 is 6.09 Å². The van der Waals surface area contributed by atoms with Crippen molar-refractivity contribution in [3.05, 3.63) is 59.9 Å². The zero-order valence-corrected chi connectivity index (χ0v) is 25.5. The van der Waals surface area contributed by atoms with Gasteiger partial charge in [0, 0.05) is 18.3 Å². The summed E-state index contributed by atoms with van der Waals surface area (Å²) < 4.78 is 18.5. The van der Waals surface area contributed by atoms with Gasteiger partial charge in [0.1, 0.15) is 18.7 Å². The maximum Gasteiger partial charge on any atom is 0.407 e. The van der Waals surface area contributed by atoms with E-state index in [0.29, 0.717) is 38.3 Å². The molecule has 0 fully saturated rings. The first-order valence-electron chi connectivity index (χ1n) is 15.5. The molecule has 0 aliphatic rings. The van der Waals surface area contributed by atoms with Crippen LogP contribution in [0.5, 0.6) is 0 Å². The number of aromatic nitrogens is 1. The molecule has 0 saturated heterocycles. The van der Waals surface area contributed by atoms with Crippen LogP contribution in [0.2, 0.25) is 0 Å². The second-order valence-electron chi connectivity index (χ2n) is 10.4. The van der Waals surface area contributed by atoms with Gasteiger partial charge in [-0.1, -0.05) is 70.4 Å². The molecule has 1 aromatic heterocycles. The van der Waals surface area contributed by atoms with Crippen molar-refractivity contribution < 1.29 is 28.4 Å². The lowest BCUT2D eigenvalue weighted by molar-refractivity contribution is -0.693. The Balaban J connectivity index is 1.45. The average molecular weight is 571 g/mol. The van der Waals surface area contributed by atoms with Gasteiger partial charge >= 0.3 is 6.09 Å². The number of alkyl carbamates (subject to hydrolysis) is 1. The maximum absolute atomic E-state index is 12.5. The predicted molar refractivity (Wildman–Crippen MR) is 163 cm³/mol. The standard InChI is InChI=1S/C33H51N3O5/c1-4-6-7-8-9-10-11-12-14-28(3)40-25-23-39-24-26-41-33(38)34-21-20-29-16-18-31(19-17-29)35-32(37)30-15-13-22-36(5-2)27-30/h13,15-19,22,27-28H,4-12,14,20-21,23-26H2,1-3H3,(H-,34,35,37,38)/p+1. The number of carbonyl (C=O) groups is 2. The summed E-state index contributed by atoms with van der Waals surface area (Å²) in [6.07, 6.45) is 15.9. The summed E-state index contributed by atoms with van der Waals surface area (Å²) >= 11 is 0. The van der Waals surface area contributed by atoms with E-state index in [-0.39, 0.29) is 18.6 Å². The molecule has 0 aliphatic heterocycles. The Hall–Kier alpha value is -2.97. The fourth-order valence-corrected chi connectivity index (χ4v) is 4.42. The highest BCUT2D eigenvalue weighted by Crippen LogP contribution is 2.13. The molecule has 0 spiro atoms. The first kappa shape index (κ1) is 34.2. The number of aryl methyl sites for hydroxylation is 1. The number of hydrogen-bond acceptors (Lipinski definition) is 5. The van der Waals surface area contributed by atoms with Crippen molar-refractivity contribution in [2.24, 2.45) is 0 Å². The number of ether oxygens (including phenoxy) is 3. The molecule has 228 valence electrons. The van der Waals surface area contributed by atoms with Gasteiger partial charge in [-0.05, 0) is 50.5 Å². The smallest absolute Gasteiger partial charge is 0.407 e. The molecule has 2 amide bonds. The first-order valence-corrected chi connectivity index (χ1v) is 15.5. The molecule has 2 aromatic rings. The monoisotopic (exact) mass is 570 g/mol. The van der Waals surface area contributed by atoms with Crippen LogP contribution < -0.4 is 15.2 Å². The van der Waals surface area contributed by atoms with Crippen molar-refractivity contribution >= 4 is 17.7 Å². The zero-order valence-electron chi connectivity index (χ0n) is 25.5. The van der Waals surface area contributed by atoms with Crippen LogP contribution in [0.15, 0.2) is 48.8 Å². The number of nitrogens with zero attached hydrogens (tertiary/aromatic N) is 1. The molecule has 1 aromatic carbocycles. The van der Waals surface area contributed by atoms with Gasteiger partial charge in [0.15, 0.2) is 12.4 Å². The number of anilines is 1. The summed E-state index contributed by atoms with van der Waals surface area (Å²) in [5, 5.41) is 5.67. The molecule has 0 radical (unpaired) electrons. The lowest BCUT2D eigenvalue weighted by atomic mass is 10.1. The third kappa shape index (κ3) is 16.2. The number of nitrogens with one attached hydrogen (secondary N) is 2. The largest absolute Gasteiger partial charge is 0.447 e. The van der Waals surface area contributed by atoms with Crippen LogP contribution >= 0.6 is 0 Å². The summed E-state index contributed by atoms with van der Waals surface area (Å²) in [7, 11) is 0. The Kier molecular flexibility index (Phi) is 18.1. The summed E-state index contributed by atoms with van der Waals surface area (Å²) in [5.74, 6) is -0.148. The third-order valence-corrected chi connectivity index (χ3v) is 6.94. The molecule has 41 heavy (non-hydrogen) atoms. The van der Waals surface area contributed by atoms with Crippen molar-refractivity contribution in [2.75, 3.05) is 38.3 Å². The normalized spacial score (nSPS) is 11.7. The Bertz CT molecular complexity index is 983. The minimum Gasteiger partial charge on any atom is -0.447 e. The van der Waals surface area contributed by atoms with Crippen LogP contribution in [-0.2, 0) is 27.2 Å². The molecule has 0 saturated carbocycles. The molecule has 1 unspecified atom stereocenters. The van der Waals surface area contributed by atoms with Crippen molar-refractivity contribution in [3.8, 4) is 0 Å². The molecule has 0 aliphatic carbocycles. The lowest BCUT2D eigenvalue weighted by Gasteiger charge is -2.13. The van der Waals surface area contributed by atoms with Gasteiger partial charge in [-0.15, -0.1) is 0 Å². The van der Waals surface area contributed by atoms with E-state index in [0.717, 1.165) is 24.2 Å². The van der Waals surface area contributed by atoms with Crippen LogP contribution in [-0.4, -0.2) is 51.1 Å². The van der Waals surface area contributed by atoms with E-state index in [9.17, 15) is 9.59 Å². The molecule has 1 atom stereocenters. The highest BCUT2D eigenvalue weighted by molar-refractivity contribution is 6.03. The number of unbranched alkanes of at least 4 members (excludes halogenated alkanes) is 7. The molecule has 1 heterocycles. The number of amides is 2. The minimum absolute atomic E-state index is 0.148. The number of rotatable bonds is 22. The summed E-state index contributed by atoms with van der Waals surface area (Å²) in [4.78, 5) is 24.4. The molecule has 8 heteroatoms. The number of carbonyl (C=O) groups excluding carboxylic acids is 2. The average Bonchev–Trinajstić information content (AvgIpc) is 2.99. The van der Waals surface area contributed by atoms with Crippen molar-refractivity contribution in [1.82, 2.24) is 5.32 Å². The Morgan fingerprint density at radius 2 is 1.59 bits per heavy atom. The van der Waals surface area contributed by atoms with E-state index in [2.05, 4.69) is 24.5 Å². The molecule has 2 N–H and O–H groups in total. The van der Waals surface area contributed by atoms with Crippen molar-refractivity contribution in [3.63, 3.8) is 0 Å². The van der Waals surface area contributed by atoms with Crippen LogP contribution in [0.1, 0.15) is 94.5 Å². The SMILES string of the molecule is CCCCCCCCCCC(C)OCCOCCOC(=O)NCCc1ccc(NC(=O)c2ccc[n+](CC)c2)cc1. The predicted octanol–water partition coefficient (Wildman–Crippen LogP) is 6.47. The zero-order chi connectivity index (χ0) is 29.5. The second kappa shape index (κ2) is 21.7. The van der Waals surface area contributed by atoms with Gasteiger partial charge in [0.05, 0.1) is 25.9 Å². The molecular weight excluding hydrogens is 518 g/mol. The van der Waals surface area contributed by atoms with Crippen molar-refractivity contribution in [1.29, 1.82) is 0 Å². The van der Waals surface area contributed by atoms with Gasteiger partial charge in [-0.2, -0.15) is 0 Å². The van der Waals surface area contributed by atoms with Crippen LogP contribution in [0.4, 0.5) is 10.5 Å². The molecular formula is C33H52N3O5+. The van der Waals surface area contributed by atoms with Crippen LogP contribution in [0.3, 0.4) is 0 Å². The van der Waals surface area contributed by atoms with Gasteiger partial charge in [-0.3, -0.25) is 4.79 Å². The Morgan fingerprint density at radius 1 is 0.878 bits per heavy atom. The van der Waals surface area contributed by atoms with E-state index >= 15 is 0 Å². The van der Waals surface area contributed by atoms with E-state index in [1.165, 1.54) is 51.4 Å². The highest BCUT2D eigenvalue weighted by Gasteiger charge is 2.10. The lowest BCUT2D eigenvalue weighted by Crippen LogP contribution is -2.32. The number of benzene rings is 1. The quantitative estimate of drug-likeness (QED) is 0.125. The fourth-order valence-electron chi connectivity index (χ4n) is 4.42. The fraction of sp³-hybridized carbons (Fsp3) is 0.606. The van der Waals surface area contributed by atoms with Crippen LogP contribution in [0.25, 0.3) is 0 Å². The molecule has 2 rings (SSSR count). The minimum atomic E-state index is -0.458. The first-order chi connectivity index (χ1) is 20.0. The van der Waals surface area contributed by atoms with Gasteiger partial charge in [-0.25, -0.2) is 9.36 Å². The van der Waals surface area contributed by atoms with Crippen LogP contribution in [0, 0.1) is 0 Å². The number of hydrogen-bond donors (Lipinski definition) is 2. The van der Waals surface area contributed by atoms with E-state index in [1.807, 2.05) is 54.2 Å². The third-order valence-electron chi connectivity index (χ3n) is 6.94. The molecule has 8 nitrogen and oxygen atoms in total. The van der Waals surface area contributed by atoms with E-state index in [1.54, 1.807) is 6.07 Å². The Labute approximate surface area is 247 Å². The van der Waals surface area contributed by atoms with Gasteiger partial charge < -0.3 is 24.8 Å². The topological polar surface area (TPSA) is 89.8 Å². The number of pyridine rings is 1. The summed E-state index contributed by atoms with van der Waals surface area (Å²) in [5.41, 5.74) is 2.38. The summed E-state index contributed by atoms with van der Waals surface area (Å²) in [6.45, 7) is 9.26. The van der Waals surface area contributed by atoms with Gasteiger partial charge in [0.25, 0.3) is 5.91 Å². The summed E-state index contributed by atoms with van der Waals surface area (Å²) in [6, 6.07) is 11.3. The Morgan fingerprint density at radius 3 is 2.32 bits per heavy atom. The van der Waals surface area contributed by atoms with Gasteiger partial charge in [0.2, 0.25) is 0 Å².